The van der Waals surface area contributed by atoms with Gasteiger partial charge in [0.1, 0.15) is 23.2 Å². The van der Waals surface area contributed by atoms with Crippen molar-refractivity contribution >= 4 is 79.7 Å². The van der Waals surface area contributed by atoms with Gasteiger partial charge in [0.25, 0.3) is 11.8 Å². The predicted molar refractivity (Wildman–Crippen MR) is 270 cm³/mol. The lowest BCUT2D eigenvalue weighted by atomic mass is 9.89. The molecule has 76 heavy (non-hydrogen) atoms. The number of amides is 2. The second-order valence-corrected chi connectivity index (χ2v) is 21.9. The van der Waals surface area contributed by atoms with E-state index < -0.39 is 112 Å². The van der Waals surface area contributed by atoms with Gasteiger partial charge < -0.3 is 24.0 Å². The Bertz CT molecular complexity index is 2660. The van der Waals surface area contributed by atoms with Gasteiger partial charge in [0.2, 0.25) is 0 Å². The van der Waals surface area contributed by atoms with Crippen LogP contribution in [-0.4, -0.2) is 147 Å². The van der Waals surface area contributed by atoms with Gasteiger partial charge in [-0.25, -0.2) is 4.79 Å². The van der Waals surface area contributed by atoms with Crippen LogP contribution in [0.5, 0.6) is 0 Å². The van der Waals surface area contributed by atoms with Gasteiger partial charge in [0.15, 0.2) is 10.2 Å². The van der Waals surface area contributed by atoms with Gasteiger partial charge in [0, 0.05) is 49.2 Å². The van der Waals surface area contributed by atoms with E-state index in [9.17, 15) is 38.1 Å². The highest BCUT2D eigenvalue weighted by Crippen LogP contribution is 2.49. The Hall–Kier alpha value is -4.70. The number of nitriles is 2. The highest BCUT2D eigenvalue weighted by atomic mass is 79.9. The van der Waals surface area contributed by atoms with Crippen LogP contribution in [0, 0.1) is 22.7 Å². The molecule has 2 atom stereocenters. The molecule has 0 N–H and O–H groups in total. The third-order valence-corrected chi connectivity index (χ3v) is 16.2. The van der Waals surface area contributed by atoms with Gasteiger partial charge in [-0.15, -0.1) is 0 Å². The van der Waals surface area contributed by atoms with Crippen LogP contribution in [-0.2, 0) is 40.9 Å². The van der Waals surface area contributed by atoms with E-state index in [2.05, 4.69) is 15.9 Å². The Morgan fingerprint density at radius 3 is 1.75 bits per heavy atom. The summed E-state index contributed by atoms with van der Waals surface area (Å²) in [6, 6.07) is 1.98. The number of benzene rings is 2. The van der Waals surface area contributed by atoms with E-state index >= 15 is 26.3 Å². The molecule has 26 heteroatoms. The molecular weight excluding hydrogens is 1120 g/mol. The molecule has 2 aromatic carbocycles. The molecule has 3 saturated heterocycles. The van der Waals surface area contributed by atoms with E-state index in [1.807, 2.05) is 0 Å². The van der Waals surface area contributed by atoms with E-state index in [-0.39, 0.29) is 53.8 Å². The number of alkyl halides is 10. The van der Waals surface area contributed by atoms with Crippen molar-refractivity contribution in [2.24, 2.45) is 0 Å². The second-order valence-electron chi connectivity index (χ2n) is 20.4. The first-order chi connectivity index (χ1) is 35.5. The van der Waals surface area contributed by atoms with Crippen LogP contribution >= 0.6 is 40.4 Å². The first-order valence-electron chi connectivity index (χ1n) is 24.6. The topological polar surface area (TPSA) is 146 Å². The van der Waals surface area contributed by atoms with Gasteiger partial charge >= 0.3 is 24.5 Å². The van der Waals surface area contributed by atoms with Crippen molar-refractivity contribution in [3.63, 3.8) is 0 Å². The Morgan fingerprint density at radius 2 is 1.26 bits per heavy atom. The fraction of sp³-hybridized carbons (Fsp3) is 0.620. The normalized spacial score (nSPS) is 25.2. The number of hydrogen-bond acceptors (Lipinski definition) is 12. The number of rotatable bonds is 14. The number of ether oxygens (including phenoxy) is 3. The van der Waals surface area contributed by atoms with E-state index in [0.717, 1.165) is 35.1 Å². The lowest BCUT2D eigenvalue weighted by Crippen LogP contribution is -2.61. The Balaban J connectivity index is 1.08. The molecule has 0 radical (unpaired) electrons. The quantitative estimate of drug-likeness (QED) is 0.0766. The van der Waals surface area contributed by atoms with Crippen LogP contribution < -0.4 is 9.80 Å². The molecule has 3 heterocycles. The molecule has 7 rings (SSSR count). The highest BCUT2D eigenvalue weighted by molar-refractivity contribution is 9.09. The van der Waals surface area contributed by atoms with Crippen molar-refractivity contribution in [2.75, 3.05) is 61.6 Å². The van der Waals surface area contributed by atoms with Crippen LogP contribution in [0.4, 0.5) is 50.9 Å². The second kappa shape index (κ2) is 22.6. The number of halogens is 10. The molecule has 2 aromatic rings. The molecule has 2 aliphatic carbocycles. The Labute approximate surface area is 453 Å². The van der Waals surface area contributed by atoms with Crippen LogP contribution in [0.15, 0.2) is 30.3 Å². The first kappa shape index (κ1) is 59.0. The molecule has 0 spiro atoms. The summed E-state index contributed by atoms with van der Waals surface area (Å²) in [5.74, 6) is -2.86. The van der Waals surface area contributed by atoms with E-state index in [4.69, 9.17) is 38.6 Å². The number of methoxy groups -OCH3 is 1. The number of hydrogen-bond donors (Lipinski definition) is 0. The lowest BCUT2D eigenvalue weighted by molar-refractivity contribution is -0.208. The van der Waals surface area contributed by atoms with E-state index in [0.29, 0.717) is 74.3 Å². The van der Waals surface area contributed by atoms with Crippen molar-refractivity contribution < 1.29 is 68.1 Å². The molecule has 3 aliphatic heterocycles. The zero-order chi connectivity index (χ0) is 56.0. The van der Waals surface area contributed by atoms with Crippen molar-refractivity contribution in [1.82, 2.24) is 19.6 Å². The minimum absolute atomic E-state index is 0.0160. The molecule has 1 unspecified atom stereocenters. The van der Waals surface area contributed by atoms with Gasteiger partial charge in [-0.3, -0.25) is 29.2 Å². The SMILES string of the molecule is COC(=O)C(c1c(N2C(=O)C(C)(C)N(C3CCC(OCCBr)CC3)C2=S)ccc(C#N)c1C(F)(F)F)N1CCN(CCOC2CCC(N3C(=S)N(c4ccc(C#N)c(C(F)(F)F)c4)C(=O)C3(C)C)CC2)C[C@@H]1C(F)(F)F. The van der Waals surface area contributed by atoms with Gasteiger partial charge in [0.05, 0.1) is 78.3 Å². The van der Waals surface area contributed by atoms with Crippen molar-refractivity contribution in [3.8, 4) is 12.1 Å². The molecule has 5 aliphatic rings. The van der Waals surface area contributed by atoms with Crippen LogP contribution in [0.1, 0.15) is 113 Å². The maximum Gasteiger partial charge on any atom is 0.418 e. The van der Waals surface area contributed by atoms with Gasteiger partial charge in [-0.05, 0) is 134 Å². The Morgan fingerprint density at radius 1 is 0.750 bits per heavy atom. The summed E-state index contributed by atoms with van der Waals surface area (Å²) in [4.78, 5) is 49.5. The number of esters is 1. The van der Waals surface area contributed by atoms with E-state index in [1.165, 1.54) is 23.1 Å². The average molecular weight is 1180 g/mol. The van der Waals surface area contributed by atoms with Crippen molar-refractivity contribution in [3.05, 3.63) is 58.1 Å². The number of carbonyl (C=O) groups excluding carboxylic acids is 3. The molecule has 2 amide bonds. The summed E-state index contributed by atoms with van der Waals surface area (Å²) in [7, 11) is 0.816. The molecule has 5 fully saturated rings. The largest absolute Gasteiger partial charge is 0.468 e. The zero-order valence-electron chi connectivity index (χ0n) is 42.1. The third-order valence-electron chi connectivity index (χ3n) is 15.1. The molecule has 0 bridgehead atoms. The van der Waals surface area contributed by atoms with Crippen molar-refractivity contribution in [2.45, 2.75) is 145 Å². The molecule has 14 nitrogen and oxygen atoms in total. The summed E-state index contributed by atoms with van der Waals surface area (Å²) >= 11 is 14.9. The molecule has 0 aromatic heterocycles. The van der Waals surface area contributed by atoms with Crippen LogP contribution in [0.3, 0.4) is 0 Å². The zero-order valence-corrected chi connectivity index (χ0v) is 45.3. The van der Waals surface area contributed by atoms with Gasteiger partial charge in [-0.2, -0.15) is 50.0 Å². The predicted octanol–water partition coefficient (Wildman–Crippen LogP) is 9.41. The monoisotopic (exact) mass is 1180 g/mol. The van der Waals surface area contributed by atoms with E-state index in [1.54, 1.807) is 37.5 Å². The number of anilines is 2. The smallest absolute Gasteiger partial charge is 0.418 e. The summed E-state index contributed by atoms with van der Waals surface area (Å²) in [5.41, 5.74) is -9.11. The maximum absolute atomic E-state index is 15.5. The lowest BCUT2D eigenvalue weighted by Gasteiger charge is -2.45. The minimum Gasteiger partial charge on any atom is -0.468 e. The molecule has 414 valence electrons. The summed E-state index contributed by atoms with van der Waals surface area (Å²) < 4.78 is 151. The number of nitrogens with zero attached hydrogens (tertiary/aromatic N) is 8. The third kappa shape index (κ3) is 11.4. The number of carbonyl (C=O) groups is 3. The molecular formula is C50H56BrF9N8O6S2. The fourth-order valence-corrected chi connectivity index (χ4v) is 12.8. The summed E-state index contributed by atoms with van der Waals surface area (Å²) in [6.45, 7) is 5.00. The number of thiocarbonyl (C=S) groups is 2. The standard InChI is InChI=1S/C50H56BrF9N8O6S2/c1-46(2)42(70)65(32-8-6-28(25-61)35(24-32)48(52,53)54)44(75)67(46)30-11-15-34(16-12-30)74-23-21-63-19-20-64(37(27-63)49(55,56)57)40(41(69)72-5)38-36(17-7-29(26-62)39(38)50(58,59)60)66-43(71)47(3,4)68(45(66)76)31-9-13-33(14-10-31)73-22-18-51/h6-8,17,24,30-31,33-34,37,40H,9-16,18-23,27H2,1-5H3/t30?,31?,33?,34?,37-,40?/m1/s1. The highest BCUT2D eigenvalue weighted by Gasteiger charge is 2.58. The first-order valence-corrected chi connectivity index (χ1v) is 26.5. The molecule has 2 saturated carbocycles. The van der Waals surface area contributed by atoms with Crippen molar-refractivity contribution in [1.29, 1.82) is 10.5 Å². The minimum atomic E-state index is -5.44. The number of piperazine rings is 1. The summed E-state index contributed by atoms with van der Waals surface area (Å²) in [6.07, 6.45) is -12.1. The fourth-order valence-electron chi connectivity index (χ4n) is 11.5. The van der Waals surface area contributed by atoms with Crippen LogP contribution in [0.2, 0.25) is 0 Å². The van der Waals surface area contributed by atoms with Crippen LogP contribution in [0.25, 0.3) is 0 Å². The average Bonchev–Trinajstić information content (AvgIpc) is 3.68. The van der Waals surface area contributed by atoms with Gasteiger partial charge in [-0.1, -0.05) is 15.9 Å². The Kier molecular flexibility index (Phi) is 17.5. The maximum atomic E-state index is 15.5. The summed E-state index contributed by atoms with van der Waals surface area (Å²) in [5, 5.41) is 19.7.